The summed E-state index contributed by atoms with van der Waals surface area (Å²) in [7, 11) is 0. The maximum absolute atomic E-state index is 5.60. The monoisotopic (exact) mass is 340 g/mol. The van der Waals surface area contributed by atoms with E-state index < -0.39 is 0 Å². The van der Waals surface area contributed by atoms with Crippen molar-refractivity contribution < 1.29 is 9.57 Å². The van der Waals surface area contributed by atoms with Crippen LogP contribution in [0.5, 0.6) is 0 Å². The summed E-state index contributed by atoms with van der Waals surface area (Å²) in [6.45, 7) is 8.35. The van der Waals surface area contributed by atoms with Crippen molar-refractivity contribution in [1.29, 1.82) is 0 Å². The van der Waals surface area contributed by atoms with Crippen LogP contribution in [0.15, 0.2) is 35.6 Å². The second kappa shape index (κ2) is 8.07. The van der Waals surface area contributed by atoms with Gasteiger partial charge in [0, 0.05) is 25.0 Å². The summed E-state index contributed by atoms with van der Waals surface area (Å²) in [5, 5.41) is 5.09. The minimum Gasteiger partial charge on any atom is -0.396 e. The molecule has 0 N–H and O–H groups in total. The number of fused-ring (bicyclic) bond motifs is 3. The van der Waals surface area contributed by atoms with E-state index in [2.05, 4.69) is 20.8 Å². The number of pyridine rings is 1. The third kappa shape index (κ3) is 3.96. The molecule has 0 saturated heterocycles. The molecule has 0 fully saturated rings. The molecule has 25 heavy (non-hydrogen) atoms. The lowest BCUT2D eigenvalue weighted by molar-refractivity contribution is 0.122. The van der Waals surface area contributed by atoms with Crippen LogP contribution >= 0.6 is 0 Å². The molecule has 0 aliphatic heterocycles. The van der Waals surface area contributed by atoms with E-state index in [9.17, 15) is 0 Å². The number of imidazole rings is 1. The number of oxime groups is 1. The maximum atomic E-state index is 5.60. The van der Waals surface area contributed by atoms with Crippen LogP contribution in [0.25, 0.3) is 21.9 Å². The molecule has 132 valence electrons. The lowest BCUT2D eigenvalue weighted by Crippen LogP contribution is -2.08. The summed E-state index contributed by atoms with van der Waals surface area (Å²) in [5.74, 6) is 0.921. The second-order valence-electron chi connectivity index (χ2n) is 6.05. The summed E-state index contributed by atoms with van der Waals surface area (Å²) in [5.41, 5.74) is 3.90. The van der Waals surface area contributed by atoms with Crippen LogP contribution in [0.4, 0.5) is 0 Å². The summed E-state index contributed by atoms with van der Waals surface area (Å²) < 4.78 is 7.83. The number of para-hydroxylation sites is 1. The van der Waals surface area contributed by atoms with Crippen molar-refractivity contribution in [1.82, 2.24) is 14.5 Å². The molecule has 2 heterocycles. The molecule has 3 aromatic rings. The van der Waals surface area contributed by atoms with Gasteiger partial charge in [-0.15, -0.1) is 0 Å². The highest BCUT2D eigenvalue weighted by Gasteiger charge is 2.14. The highest BCUT2D eigenvalue weighted by molar-refractivity contribution is 6.02. The van der Waals surface area contributed by atoms with Gasteiger partial charge in [0.2, 0.25) is 0 Å². The van der Waals surface area contributed by atoms with Crippen LogP contribution in [-0.4, -0.2) is 33.5 Å². The lowest BCUT2D eigenvalue weighted by atomic mass is 10.2. The molecule has 0 bridgehead atoms. The van der Waals surface area contributed by atoms with Crippen molar-refractivity contribution in [3.8, 4) is 0 Å². The first-order valence-corrected chi connectivity index (χ1v) is 8.64. The molecule has 6 heteroatoms. The number of hydrogen-bond acceptors (Lipinski definition) is 5. The number of aromatic nitrogens is 3. The van der Waals surface area contributed by atoms with Crippen LogP contribution in [0, 0.1) is 0 Å². The number of aryl methyl sites for hydroxylation is 1. The fourth-order valence-corrected chi connectivity index (χ4v) is 2.82. The van der Waals surface area contributed by atoms with Gasteiger partial charge in [-0.2, -0.15) is 0 Å². The summed E-state index contributed by atoms with van der Waals surface area (Å²) in [4.78, 5) is 14.6. The zero-order chi connectivity index (χ0) is 17.6. The topological polar surface area (TPSA) is 61.5 Å². The predicted molar refractivity (Wildman–Crippen MR) is 99.7 cm³/mol. The second-order valence-corrected chi connectivity index (χ2v) is 6.05. The van der Waals surface area contributed by atoms with Crippen LogP contribution in [0.3, 0.4) is 0 Å². The Balaban J connectivity index is 1.93. The molecule has 0 radical (unpaired) electrons. The molecule has 0 aliphatic carbocycles. The van der Waals surface area contributed by atoms with Crippen molar-refractivity contribution >= 4 is 27.6 Å². The molecule has 0 spiro atoms. The van der Waals surface area contributed by atoms with E-state index in [-0.39, 0.29) is 0 Å². The Morgan fingerprint density at radius 2 is 2.04 bits per heavy atom. The normalized spacial score (nSPS) is 11.2. The molecule has 0 aliphatic rings. The lowest BCUT2D eigenvalue weighted by Gasteiger charge is -2.10. The highest BCUT2D eigenvalue weighted by atomic mass is 16.6. The van der Waals surface area contributed by atoms with Gasteiger partial charge in [0.05, 0.1) is 22.9 Å². The summed E-state index contributed by atoms with van der Waals surface area (Å²) >= 11 is 0. The molecule has 0 amide bonds. The third-order valence-corrected chi connectivity index (χ3v) is 3.86. The minimum atomic E-state index is 0.493. The van der Waals surface area contributed by atoms with Crippen LogP contribution in [-0.2, 0) is 22.7 Å². The molecule has 0 atom stereocenters. The van der Waals surface area contributed by atoms with E-state index >= 15 is 0 Å². The average Bonchev–Trinajstić information content (AvgIpc) is 2.97. The van der Waals surface area contributed by atoms with Gasteiger partial charge in [-0.1, -0.05) is 23.4 Å². The SMILES string of the molecule is CCOCc1nc2cnc3ccccc3c2n1CCCON=C(C)C. The molecule has 2 aromatic heterocycles. The van der Waals surface area contributed by atoms with Crippen LogP contribution in [0.1, 0.15) is 33.0 Å². The van der Waals surface area contributed by atoms with Gasteiger partial charge in [0.25, 0.3) is 0 Å². The molecule has 0 saturated carbocycles. The Bertz CT molecular complexity index is 882. The standard InChI is InChI=1S/C19H24N4O2/c1-4-24-13-18-21-17-12-20-16-9-6-5-8-15(16)19(17)23(18)10-7-11-25-22-14(2)3/h5-6,8-9,12H,4,7,10-11,13H2,1-3H3. The van der Waals surface area contributed by atoms with Gasteiger partial charge in [0.1, 0.15) is 24.6 Å². The van der Waals surface area contributed by atoms with Crippen molar-refractivity contribution in [2.75, 3.05) is 13.2 Å². The van der Waals surface area contributed by atoms with E-state index in [1.165, 1.54) is 0 Å². The Morgan fingerprint density at radius 1 is 1.20 bits per heavy atom. The molecular weight excluding hydrogens is 316 g/mol. The average molecular weight is 340 g/mol. The molecule has 6 nitrogen and oxygen atoms in total. The number of rotatable bonds is 8. The molecule has 1 aromatic carbocycles. The quantitative estimate of drug-likeness (QED) is 0.354. The van der Waals surface area contributed by atoms with E-state index in [0.29, 0.717) is 19.8 Å². The van der Waals surface area contributed by atoms with Gasteiger partial charge < -0.3 is 14.1 Å². The number of ether oxygens (including phenoxy) is 1. The van der Waals surface area contributed by atoms with Crippen molar-refractivity contribution in [3.63, 3.8) is 0 Å². The Morgan fingerprint density at radius 3 is 2.84 bits per heavy atom. The molecule has 0 unspecified atom stereocenters. The van der Waals surface area contributed by atoms with Gasteiger partial charge in [-0.3, -0.25) is 4.98 Å². The highest BCUT2D eigenvalue weighted by Crippen LogP contribution is 2.25. The largest absolute Gasteiger partial charge is 0.396 e. The van der Waals surface area contributed by atoms with Gasteiger partial charge in [-0.05, 0) is 26.8 Å². The first-order chi connectivity index (χ1) is 12.2. The van der Waals surface area contributed by atoms with Gasteiger partial charge >= 0.3 is 0 Å². The van der Waals surface area contributed by atoms with Gasteiger partial charge in [-0.25, -0.2) is 4.98 Å². The minimum absolute atomic E-state index is 0.493. The van der Waals surface area contributed by atoms with Crippen LogP contribution in [0.2, 0.25) is 0 Å². The summed E-state index contributed by atoms with van der Waals surface area (Å²) in [6, 6.07) is 8.15. The number of benzene rings is 1. The molecule has 3 rings (SSSR count). The smallest absolute Gasteiger partial charge is 0.136 e. The zero-order valence-corrected chi connectivity index (χ0v) is 15.0. The van der Waals surface area contributed by atoms with Crippen LogP contribution < -0.4 is 0 Å². The van der Waals surface area contributed by atoms with Gasteiger partial charge in [0.15, 0.2) is 0 Å². The number of hydrogen-bond donors (Lipinski definition) is 0. The third-order valence-electron chi connectivity index (χ3n) is 3.86. The first kappa shape index (κ1) is 17.4. The fraction of sp³-hybridized carbons (Fsp3) is 0.421. The van der Waals surface area contributed by atoms with E-state index in [4.69, 9.17) is 14.6 Å². The van der Waals surface area contributed by atoms with E-state index in [1.54, 1.807) is 0 Å². The zero-order valence-electron chi connectivity index (χ0n) is 15.0. The summed E-state index contributed by atoms with van der Waals surface area (Å²) in [6.07, 6.45) is 2.68. The Kier molecular flexibility index (Phi) is 5.60. The predicted octanol–water partition coefficient (Wildman–Crippen LogP) is 3.92. The number of nitrogens with zero attached hydrogens (tertiary/aromatic N) is 4. The fourth-order valence-electron chi connectivity index (χ4n) is 2.82. The van der Waals surface area contributed by atoms with E-state index in [1.807, 2.05) is 45.2 Å². The Hall–Kier alpha value is -2.47. The van der Waals surface area contributed by atoms with Crippen molar-refractivity contribution in [2.45, 2.75) is 40.3 Å². The Labute approximate surface area is 147 Å². The van der Waals surface area contributed by atoms with E-state index in [0.717, 1.165) is 46.4 Å². The maximum Gasteiger partial charge on any atom is 0.136 e. The van der Waals surface area contributed by atoms with Crippen molar-refractivity contribution in [2.24, 2.45) is 5.16 Å². The first-order valence-electron chi connectivity index (χ1n) is 8.64. The molecular formula is C19H24N4O2. The van der Waals surface area contributed by atoms with Crippen molar-refractivity contribution in [3.05, 3.63) is 36.3 Å².